The highest BCUT2D eigenvalue weighted by Gasteiger charge is 2.18. The lowest BCUT2D eigenvalue weighted by Gasteiger charge is -2.35. The van der Waals surface area contributed by atoms with Gasteiger partial charge in [-0.05, 0) is 11.6 Å². The lowest BCUT2D eigenvalue weighted by Crippen LogP contribution is -2.46. The van der Waals surface area contributed by atoms with Crippen molar-refractivity contribution in [1.82, 2.24) is 9.80 Å². The van der Waals surface area contributed by atoms with Crippen molar-refractivity contribution in [2.24, 2.45) is 0 Å². The summed E-state index contributed by atoms with van der Waals surface area (Å²) in [6.45, 7) is 12.9. The molecule has 1 heterocycles. The number of phenolic OH excluding ortho intramolecular Hbond substituents is 2. The number of rotatable bonds is 6. The molecule has 0 bridgehead atoms. The van der Waals surface area contributed by atoms with E-state index in [1.807, 2.05) is 18.2 Å². The molecular weight excluding hydrogens is 276 g/mol. The van der Waals surface area contributed by atoms with Gasteiger partial charge in [0.1, 0.15) is 0 Å². The molecule has 4 nitrogen and oxygen atoms in total. The number of para-hydroxylation sites is 1. The van der Waals surface area contributed by atoms with E-state index in [1.54, 1.807) is 12.1 Å². The highest BCUT2D eigenvalue weighted by atomic mass is 16.3. The molecule has 0 amide bonds. The minimum Gasteiger partial charge on any atom is -0.504 e. The van der Waals surface area contributed by atoms with Crippen molar-refractivity contribution in [2.45, 2.75) is 6.54 Å². The van der Waals surface area contributed by atoms with E-state index in [1.165, 1.54) is 11.6 Å². The Labute approximate surface area is 132 Å². The first-order valence-electron chi connectivity index (χ1n) is 7.52. The zero-order valence-corrected chi connectivity index (χ0v) is 12.9. The average Bonchev–Trinajstić information content (AvgIpc) is 2.53. The summed E-state index contributed by atoms with van der Waals surface area (Å²) in [7, 11) is 0. The summed E-state index contributed by atoms with van der Waals surface area (Å²) in [6.07, 6.45) is 5.65. The van der Waals surface area contributed by atoms with Gasteiger partial charge >= 0.3 is 0 Å². The fourth-order valence-electron chi connectivity index (χ4n) is 2.65. The zero-order valence-electron chi connectivity index (χ0n) is 12.9. The molecule has 1 aliphatic heterocycles. The molecule has 0 unspecified atom stereocenters. The number of allylic oxidation sites excluding steroid dienone is 2. The van der Waals surface area contributed by atoms with Crippen LogP contribution in [0.3, 0.4) is 0 Å². The Bertz CT molecular complexity index is 558. The number of phenols is 2. The standard InChI is InChI=1S/C18H24N2O2/c1-3-6-15(4-2)13-19-9-11-20(12-10-19)14-16-7-5-8-17(21)18(16)22/h3-8,21-22H,1-2,9-14H2/b15-6+. The molecular formula is C18H24N2O2. The number of hydrogen-bond acceptors (Lipinski definition) is 4. The molecule has 0 spiro atoms. The predicted octanol–water partition coefficient (Wildman–Crippen LogP) is 2.51. The van der Waals surface area contributed by atoms with Gasteiger partial charge in [0.15, 0.2) is 11.5 Å². The summed E-state index contributed by atoms with van der Waals surface area (Å²) >= 11 is 0. The highest BCUT2D eigenvalue weighted by molar-refractivity contribution is 5.44. The van der Waals surface area contributed by atoms with Crippen LogP contribution in [0.1, 0.15) is 5.56 Å². The minimum atomic E-state index is -0.0543. The molecule has 0 atom stereocenters. The summed E-state index contributed by atoms with van der Waals surface area (Å²) in [5, 5.41) is 19.4. The molecule has 22 heavy (non-hydrogen) atoms. The zero-order chi connectivity index (χ0) is 15.9. The summed E-state index contributed by atoms with van der Waals surface area (Å²) < 4.78 is 0. The van der Waals surface area contributed by atoms with Crippen LogP contribution in [0.5, 0.6) is 11.5 Å². The molecule has 1 aromatic carbocycles. The van der Waals surface area contributed by atoms with Gasteiger partial charge in [0.05, 0.1) is 0 Å². The molecule has 118 valence electrons. The Morgan fingerprint density at radius 2 is 1.77 bits per heavy atom. The van der Waals surface area contributed by atoms with E-state index in [0.29, 0.717) is 6.54 Å². The molecule has 1 fully saturated rings. The summed E-state index contributed by atoms with van der Waals surface area (Å²) in [5.41, 5.74) is 1.95. The van der Waals surface area contributed by atoms with Crippen LogP contribution in [0.15, 0.2) is 55.2 Å². The lowest BCUT2D eigenvalue weighted by molar-refractivity contribution is 0.134. The van der Waals surface area contributed by atoms with Gasteiger partial charge in [0.25, 0.3) is 0 Å². The predicted molar refractivity (Wildman–Crippen MR) is 90.0 cm³/mol. The maximum absolute atomic E-state index is 9.88. The molecule has 1 aliphatic rings. The summed E-state index contributed by atoms with van der Waals surface area (Å²) in [5.74, 6) is -0.0610. The Kier molecular flexibility index (Phi) is 5.81. The van der Waals surface area contributed by atoms with Gasteiger partial charge in [-0.2, -0.15) is 0 Å². The van der Waals surface area contributed by atoms with E-state index in [4.69, 9.17) is 0 Å². The fraction of sp³-hybridized carbons (Fsp3) is 0.333. The first-order chi connectivity index (χ1) is 10.6. The number of nitrogens with zero attached hydrogens (tertiary/aromatic N) is 2. The van der Waals surface area contributed by atoms with Crippen LogP contribution < -0.4 is 0 Å². The summed E-state index contributed by atoms with van der Waals surface area (Å²) in [6, 6.07) is 5.11. The Morgan fingerprint density at radius 3 is 2.41 bits per heavy atom. The Balaban J connectivity index is 1.87. The second-order valence-corrected chi connectivity index (χ2v) is 5.52. The van der Waals surface area contributed by atoms with E-state index in [-0.39, 0.29) is 11.5 Å². The van der Waals surface area contributed by atoms with Crippen LogP contribution >= 0.6 is 0 Å². The van der Waals surface area contributed by atoms with E-state index in [9.17, 15) is 10.2 Å². The summed E-state index contributed by atoms with van der Waals surface area (Å²) in [4.78, 5) is 4.67. The number of piperazine rings is 1. The van der Waals surface area contributed by atoms with Crippen LogP contribution in [0.2, 0.25) is 0 Å². The first kappa shape index (κ1) is 16.3. The van der Waals surface area contributed by atoms with E-state index in [2.05, 4.69) is 23.0 Å². The van der Waals surface area contributed by atoms with Crippen molar-refractivity contribution in [2.75, 3.05) is 32.7 Å². The molecule has 0 aliphatic carbocycles. The fourth-order valence-corrected chi connectivity index (χ4v) is 2.65. The smallest absolute Gasteiger partial charge is 0.161 e. The van der Waals surface area contributed by atoms with Crippen molar-refractivity contribution >= 4 is 0 Å². The minimum absolute atomic E-state index is 0.00668. The van der Waals surface area contributed by atoms with Gasteiger partial charge < -0.3 is 10.2 Å². The van der Waals surface area contributed by atoms with E-state index in [0.717, 1.165) is 38.3 Å². The molecule has 2 N–H and O–H groups in total. The molecule has 0 radical (unpaired) electrons. The normalized spacial score (nSPS) is 17.4. The lowest BCUT2D eigenvalue weighted by atomic mass is 10.1. The Morgan fingerprint density at radius 1 is 1.09 bits per heavy atom. The average molecular weight is 300 g/mol. The van der Waals surface area contributed by atoms with Gasteiger partial charge in [0, 0.05) is 44.8 Å². The van der Waals surface area contributed by atoms with Crippen LogP contribution in [0, 0.1) is 0 Å². The third kappa shape index (κ3) is 4.23. The van der Waals surface area contributed by atoms with Gasteiger partial charge in [-0.15, -0.1) is 0 Å². The second-order valence-electron chi connectivity index (χ2n) is 5.52. The first-order valence-corrected chi connectivity index (χ1v) is 7.52. The largest absolute Gasteiger partial charge is 0.504 e. The second kappa shape index (κ2) is 7.82. The van der Waals surface area contributed by atoms with Gasteiger partial charge in [0.2, 0.25) is 0 Å². The van der Waals surface area contributed by atoms with Crippen molar-refractivity contribution in [1.29, 1.82) is 0 Å². The van der Waals surface area contributed by atoms with Crippen molar-refractivity contribution in [3.8, 4) is 11.5 Å². The van der Waals surface area contributed by atoms with Crippen LogP contribution in [-0.4, -0.2) is 52.7 Å². The van der Waals surface area contributed by atoms with E-state index < -0.39 is 0 Å². The molecule has 4 heteroatoms. The topological polar surface area (TPSA) is 46.9 Å². The van der Waals surface area contributed by atoms with Crippen molar-refractivity contribution in [3.05, 3.63) is 60.7 Å². The highest BCUT2D eigenvalue weighted by Crippen LogP contribution is 2.29. The van der Waals surface area contributed by atoms with Crippen molar-refractivity contribution < 1.29 is 10.2 Å². The van der Waals surface area contributed by atoms with Crippen molar-refractivity contribution in [3.63, 3.8) is 0 Å². The quantitative estimate of drug-likeness (QED) is 0.626. The SMILES string of the molecule is C=C/C=C(\C=C)CN1CCN(Cc2cccc(O)c2O)CC1. The van der Waals surface area contributed by atoms with E-state index >= 15 is 0 Å². The molecule has 0 saturated carbocycles. The number of hydrogen-bond donors (Lipinski definition) is 2. The molecule has 1 aromatic rings. The Hall–Kier alpha value is -2.04. The molecule has 1 saturated heterocycles. The maximum Gasteiger partial charge on any atom is 0.161 e. The third-order valence-corrected chi connectivity index (χ3v) is 3.96. The molecule has 2 rings (SSSR count). The van der Waals surface area contributed by atoms with Gasteiger partial charge in [-0.25, -0.2) is 0 Å². The monoisotopic (exact) mass is 300 g/mol. The molecule has 0 aromatic heterocycles. The maximum atomic E-state index is 9.88. The van der Waals surface area contributed by atoms with Crippen LogP contribution in [0.4, 0.5) is 0 Å². The van der Waals surface area contributed by atoms with Crippen LogP contribution in [-0.2, 0) is 6.54 Å². The van der Waals surface area contributed by atoms with Gasteiger partial charge in [-0.1, -0.05) is 43.5 Å². The van der Waals surface area contributed by atoms with Crippen LogP contribution in [0.25, 0.3) is 0 Å². The third-order valence-electron chi connectivity index (χ3n) is 3.96. The number of benzene rings is 1. The number of aromatic hydroxyl groups is 2. The van der Waals surface area contributed by atoms with Gasteiger partial charge in [-0.3, -0.25) is 9.80 Å².